The van der Waals surface area contributed by atoms with E-state index in [2.05, 4.69) is 0 Å². The van der Waals surface area contributed by atoms with E-state index < -0.39 is 5.97 Å². The average Bonchev–Trinajstić information content (AvgIpc) is 2.59. The Balaban J connectivity index is 2.85. The molecule has 1 N–H and O–H groups in total. The minimum absolute atomic E-state index is 0.0502. The summed E-state index contributed by atoms with van der Waals surface area (Å²) in [6.45, 7) is 5.45. The zero-order chi connectivity index (χ0) is 13.0. The van der Waals surface area contributed by atoms with Crippen molar-refractivity contribution in [3.8, 4) is 0 Å². The van der Waals surface area contributed by atoms with Crippen LogP contribution in [0.1, 0.15) is 36.8 Å². The Morgan fingerprint density at radius 2 is 2.12 bits per heavy atom. The van der Waals surface area contributed by atoms with E-state index in [-0.39, 0.29) is 24.2 Å². The number of carbonyl (C=O) groups is 2. The van der Waals surface area contributed by atoms with Crippen LogP contribution in [-0.4, -0.2) is 27.7 Å². The predicted molar refractivity (Wildman–Crippen MR) is 62.0 cm³/mol. The van der Waals surface area contributed by atoms with E-state index in [0.717, 1.165) is 0 Å². The van der Waals surface area contributed by atoms with Crippen LogP contribution in [0.2, 0.25) is 0 Å². The van der Waals surface area contributed by atoms with Crippen LogP contribution in [0.4, 0.5) is 0 Å². The summed E-state index contributed by atoms with van der Waals surface area (Å²) in [5, 5.41) is 8.96. The molecule has 94 valence electrons. The van der Waals surface area contributed by atoms with Crippen LogP contribution in [-0.2, 0) is 22.5 Å². The van der Waals surface area contributed by atoms with Crippen molar-refractivity contribution in [1.29, 1.82) is 0 Å². The molecular formula is C12H17NO4. The van der Waals surface area contributed by atoms with Crippen LogP contribution in [0.25, 0.3) is 0 Å². The molecule has 1 aromatic heterocycles. The minimum atomic E-state index is -0.974. The quantitative estimate of drug-likeness (QED) is 0.794. The van der Waals surface area contributed by atoms with Gasteiger partial charge in [-0.25, -0.2) is 4.79 Å². The van der Waals surface area contributed by atoms with E-state index >= 15 is 0 Å². The highest BCUT2D eigenvalue weighted by atomic mass is 16.5. The Bertz CT molecular complexity index is 420. The fraction of sp³-hybridized carbons (Fsp3) is 0.500. The van der Waals surface area contributed by atoms with Crippen molar-refractivity contribution < 1.29 is 19.4 Å². The fourth-order valence-corrected chi connectivity index (χ4v) is 1.68. The minimum Gasteiger partial charge on any atom is -0.478 e. The topological polar surface area (TPSA) is 68.5 Å². The molecule has 0 amide bonds. The number of hydrogen-bond donors (Lipinski definition) is 1. The van der Waals surface area contributed by atoms with E-state index in [0.29, 0.717) is 12.1 Å². The van der Waals surface area contributed by atoms with Crippen molar-refractivity contribution in [1.82, 2.24) is 4.57 Å². The smallest absolute Gasteiger partial charge is 0.337 e. The van der Waals surface area contributed by atoms with E-state index in [4.69, 9.17) is 9.84 Å². The number of ether oxygens (including phenoxy) is 1. The number of aromatic nitrogens is 1. The van der Waals surface area contributed by atoms with Gasteiger partial charge in [0, 0.05) is 11.9 Å². The summed E-state index contributed by atoms with van der Waals surface area (Å²) in [5.41, 5.74) is 0.878. The number of esters is 1. The molecule has 1 rings (SSSR count). The lowest BCUT2D eigenvalue weighted by Crippen LogP contribution is -2.18. The van der Waals surface area contributed by atoms with Crippen LogP contribution >= 0.6 is 0 Å². The molecular weight excluding hydrogens is 222 g/mol. The summed E-state index contributed by atoms with van der Waals surface area (Å²) in [4.78, 5) is 22.4. The van der Waals surface area contributed by atoms with Crippen molar-refractivity contribution in [2.24, 2.45) is 0 Å². The standard InChI is InChI=1S/C12H17NO4/c1-4-10-9(12(15)16)5-6-13(10)7-11(14)17-8(2)3/h5-6,8H,4,7H2,1-3H3,(H,15,16). The van der Waals surface area contributed by atoms with Gasteiger partial charge in [0.05, 0.1) is 11.7 Å². The zero-order valence-electron chi connectivity index (χ0n) is 10.3. The SMILES string of the molecule is CCc1c(C(=O)O)ccn1CC(=O)OC(C)C. The van der Waals surface area contributed by atoms with Crippen LogP contribution in [0.5, 0.6) is 0 Å². The van der Waals surface area contributed by atoms with Gasteiger partial charge in [0.2, 0.25) is 0 Å². The zero-order valence-corrected chi connectivity index (χ0v) is 10.3. The first-order valence-electron chi connectivity index (χ1n) is 5.56. The van der Waals surface area contributed by atoms with Crippen molar-refractivity contribution in [3.05, 3.63) is 23.5 Å². The number of carboxylic acid groups (broad SMARTS) is 1. The molecule has 0 aliphatic heterocycles. The Morgan fingerprint density at radius 3 is 2.59 bits per heavy atom. The molecule has 1 aromatic rings. The van der Waals surface area contributed by atoms with Gasteiger partial charge >= 0.3 is 11.9 Å². The van der Waals surface area contributed by atoms with E-state index in [1.54, 1.807) is 24.6 Å². The third-order valence-electron chi connectivity index (χ3n) is 2.31. The molecule has 0 bridgehead atoms. The van der Waals surface area contributed by atoms with Gasteiger partial charge in [-0.1, -0.05) is 6.92 Å². The molecule has 0 fully saturated rings. The Kier molecular flexibility index (Phi) is 4.31. The van der Waals surface area contributed by atoms with E-state index in [1.807, 2.05) is 6.92 Å². The monoisotopic (exact) mass is 239 g/mol. The maximum absolute atomic E-state index is 11.5. The predicted octanol–water partition coefficient (Wildman–Crippen LogP) is 1.70. The summed E-state index contributed by atoms with van der Waals surface area (Å²) in [5.74, 6) is -1.33. The van der Waals surface area contributed by atoms with Crippen molar-refractivity contribution >= 4 is 11.9 Å². The molecule has 0 aliphatic carbocycles. The lowest BCUT2D eigenvalue weighted by atomic mass is 10.2. The molecule has 0 saturated heterocycles. The Hall–Kier alpha value is -1.78. The van der Waals surface area contributed by atoms with Crippen molar-refractivity contribution in [3.63, 3.8) is 0 Å². The van der Waals surface area contributed by atoms with Gasteiger partial charge in [0.1, 0.15) is 6.54 Å². The highest BCUT2D eigenvalue weighted by Crippen LogP contribution is 2.12. The Labute approximate surface area is 100 Å². The largest absolute Gasteiger partial charge is 0.478 e. The molecule has 17 heavy (non-hydrogen) atoms. The first-order chi connectivity index (χ1) is 7.95. The van der Waals surface area contributed by atoms with E-state index in [1.165, 1.54) is 6.07 Å². The highest BCUT2D eigenvalue weighted by molar-refractivity contribution is 5.89. The molecule has 5 heteroatoms. The molecule has 5 nitrogen and oxygen atoms in total. The maximum Gasteiger partial charge on any atom is 0.337 e. The molecule has 0 radical (unpaired) electrons. The molecule has 0 saturated carbocycles. The van der Waals surface area contributed by atoms with Gasteiger partial charge in [-0.3, -0.25) is 4.79 Å². The molecule has 0 spiro atoms. The second kappa shape index (κ2) is 5.52. The van der Waals surface area contributed by atoms with Crippen molar-refractivity contribution in [2.45, 2.75) is 39.8 Å². The molecule has 0 unspecified atom stereocenters. The van der Waals surface area contributed by atoms with Gasteiger partial charge in [0.25, 0.3) is 0 Å². The fourth-order valence-electron chi connectivity index (χ4n) is 1.68. The van der Waals surface area contributed by atoms with Gasteiger partial charge in [-0.15, -0.1) is 0 Å². The number of hydrogen-bond acceptors (Lipinski definition) is 3. The third-order valence-corrected chi connectivity index (χ3v) is 2.31. The van der Waals surface area contributed by atoms with Crippen molar-refractivity contribution in [2.75, 3.05) is 0 Å². The van der Waals surface area contributed by atoms with Gasteiger partial charge < -0.3 is 14.4 Å². The lowest BCUT2D eigenvalue weighted by molar-refractivity contribution is -0.148. The van der Waals surface area contributed by atoms with E-state index in [9.17, 15) is 9.59 Å². The summed E-state index contributed by atoms with van der Waals surface area (Å²) in [6.07, 6.45) is 2.00. The first kappa shape index (κ1) is 13.3. The number of nitrogens with zero attached hydrogens (tertiary/aromatic N) is 1. The Morgan fingerprint density at radius 1 is 1.47 bits per heavy atom. The van der Waals surface area contributed by atoms with Gasteiger partial charge in [0.15, 0.2) is 0 Å². The first-order valence-corrected chi connectivity index (χ1v) is 5.56. The normalized spacial score (nSPS) is 10.6. The third kappa shape index (κ3) is 3.34. The summed E-state index contributed by atoms with van der Waals surface area (Å²) in [7, 11) is 0. The number of aromatic carboxylic acids is 1. The summed E-state index contributed by atoms with van der Waals surface area (Å²) in [6, 6.07) is 1.50. The second-order valence-corrected chi connectivity index (χ2v) is 4.00. The molecule has 0 atom stereocenters. The van der Waals surface area contributed by atoms with Crippen LogP contribution in [0.15, 0.2) is 12.3 Å². The van der Waals surface area contributed by atoms with Gasteiger partial charge in [-0.05, 0) is 26.3 Å². The molecule has 1 heterocycles. The summed E-state index contributed by atoms with van der Waals surface area (Å²) >= 11 is 0. The second-order valence-electron chi connectivity index (χ2n) is 4.00. The van der Waals surface area contributed by atoms with Crippen LogP contribution < -0.4 is 0 Å². The number of rotatable bonds is 5. The number of carboxylic acids is 1. The maximum atomic E-state index is 11.5. The summed E-state index contributed by atoms with van der Waals surface area (Å²) < 4.78 is 6.64. The average molecular weight is 239 g/mol. The molecule has 0 aromatic carbocycles. The highest BCUT2D eigenvalue weighted by Gasteiger charge is 2.15. The number of carbonyl (C=O) groups excluding carboxylic acids is 1. The molecule has 0 aliphatic rings. The van der Waals surface area contributed by atoms with Crippen LogP contribution in [0.3, 0.4) is 0 Å². The lowest BCUT2D eigenvalue weighted by Gasteiger charge is -2.11. The van der Waals surface area contributed by atoms with Crippen LogP contribution in [0, 0.1) is 0 Å². The van der Waals surface area contributed by atoms with Gasteiger partial charge in [-0.2, -0.15) is 0 Å².